The van der Waals surface area contributed by atoms with E-state index in [2.05, 4.69) is 10.3 Å². The number of allylic oxidation sites excluding steroid dienone is 1. The number of aliphatic carboxylic acids is 1. The summed E-state index contributed by atoms with van der Waals surface area (Å²) in [5.74, 6) is -0.821. The Balaban J connectivity index is 0.00000264. The minimum absolute atomic E-state index is 0. The summed E-state index contributed by atoms with van der Waals surface area (Å²) in [5.41, 5.74) is 2.61. The Morgan fingerprint density at radius 3 is 2.22 bits per heavy atom. The summed E-state index contributed by atoms with van der Waals surface area (Å²) >= 11 is 0. The molecule has 2 aromatic rings. The summed E-state index contributed by atoms with van der Waals surface area (Å²) in [6.45, 7) is 0. The maximum absolute atomic E-state index is 10.8. The van der Waals surface area contributed by atoms with Crippen molar-refractivity contribution in [3.63, 3.8) is 0 Å². The van der Waals surface area contributed by atoms with E-state index in [0.717, 1.165) is 16.9 Å². The van der Waals surface area contributed by atoms with Gasteiger partial charge in [-0.25, -0.2) is 0 Å². The number of para-hydroxylation sites is 2. The third kappa shape index (κ3) is 7.29. The van der Waals surface area contributed by atoms with Crippen molar-refractivity contribution in [2.75, 3.05) is 5.32 Å². The molecular formula is C18H19ClN2O2. The summed E-state index contributed by atoms with van der Waals surface area (Å²) < 4.78 is 0. The normalized spacial score (nSPS) is 11.0. The molecule has 0 aliphatic rings. The molecule has 0 aliphatic carbocycles. The fourth-order valence-electron chi connectivity index (χ4n) is 1.81. The average molecular weight is 331 g/mol. The van der Waals surface area contributed by atoms with Crippen LogP contribution in [0.15, 0.2) is 77.4 Å². The first kappa shape index (κ1) is 18.5. The number of carboxylic acids is 1. The first-order chi connectivity index (χ1) is 10.7. The zero-order valence-corrected chi connectivity index (χ0v) is 13.4. The molecule has 23 heavy (non-hydrogen) atoms. The maximum Gasteiger partial charge on any atom is 0.303 e. The van der Waals surface area contributed by atoms with Crippen molar-refractivity contribution in [1.82, 2.24) is 0 Å². The molecule has 0 bridgehead atoms. The van der Waals surface area contributed by atoms with E-state index < -0.39 is 5.97 Å². The van der Waals surface area contributed by atoms with Crippen LogP contribution in [0.5, 0.6) is 0 Å². The van der Waals surface area contributed by atoms with Crippen LogP contribution in [0.1, 0.15) is 12.8 Å². The monoisotopic (exact) mass is 330 g/mol. The first-order valence-electron chi connectivity index (χ1n) is 7.05. The van der Waals surface area contributed by atoms with Gasteiger partial charge in [0.05, 0.1) is 5.69 Å². The predicted molar refractivity (Wildman–Crippen MR) is 96.9 cm³/mol. The van der Waals surface area contributed by atoms with E-state index in [1.807, 2.05) is 60.7 Å². The predicted octanol–water partition coefficient (Wildman–Crippen LogP) is 4.67. The number of hydrogen-bond acceptors (Lipinski definition) is 3. The SMILES string of the molecule is Cl.O=C(O)CCC(C=Nc1ccccc1)=CNc1ccccc1. The molecule has 0 amide bonds. The van der Waals surface area contributed by atoms with Crippen molar-refractivity contribution in [2.24, 2.45) is 4.99 Å². The summed E-state index contributed by atoms with van der Waals surface area (Å²) in [5, 5.41) is 12.0. The van der Waals surface area contributed by atoms with Crippen LogP contribution in [0, 0.1) is 0 Å². The van der Waals surface area contributed by atoms with E-state index in [1.54, 1.807) is 12.4 Å². The molecule has 0 atom stereocenters. The second-order valence-electron chi connectivity index (χ2n) is 4.72. The number of anilines is 1. The number of benzene rings is 2. The van der Waals surface area contributed by atoms with Gasteiger partial charge in [-0.05, 0) is 36.3 Å². The van der Waals surface area contributed by atoms with Crippen LogP contribution in [0.4, 0.5) is 11.4 Å². The highest BCUT2D eigenvalue weighted by atomic mass is 35.5. The van der Waals surface area contributed by atoms with E-state index in [4.69, 9.17) is 5.11 Å². The van der Waals surface area contributed by atoms with Crippen molar-refractivity contribution >= 4 is 36.0 Å². The van der Waals surface area contributed by atoms with Gasteiger partial charge < -0.3 is 10.4 Å². The zero-order valence-electron chi connectivity index (χ0n) is 12.6. The lowest BCUT2D eigenvalue weighted by Gasteiger charge is -2.03. The molecule has 5 heteroatoms. The largest absolute Gasteiger partial charge is 0.481 e. The Morgan fingerprint density at radius 1 is 1.00 bits per heavy atom. The number of halogens is 1. The maximum atomic E-state index is 10.8. The van der Waals surface area contributed by atoms with Gasteiger partial charge in [-0.15, -0.1) is 12.4 Å². The molecule has 0 radical (unpaired) electrons. The molecule has 0 unspecified atom stereocenters. The Kier molecular flexibility index (Phi) is 8.18. The van der Waals surface area contributed by atoms with Gasteiger partial charge >= 0.3 is 5.97 Å². The first-order valence-corrected chi connectivity index (χ1v) is 7.05. The molecule has 2 rings (SSSR count). The van der Waals surface area contributed by atoms with Gasteiger partial charge in [0.15, 0.2) is 0 Å². The van der Waals surface area contributed by atoms with Crippen molar-refractivity contribution in [3.8, 4) is 0 Å². The molecule has 0 saturated carbocycles. The number of rotatable bonds is 7. The van der Waals surface area contributed by atoms with Gasteiger partial charge in [0, 0.05) is 24.5 Å². The van der Waals surface area contributed by atoms with Gasteiger partial charge in [0.25, 0.3) is 0 Å². The van der Waals surface area contributed by atoms with Gasteiger partial charge in [0.2, 0.25) is 0 Å². The summed E-state index contributed by atoms with van der Waals surface area (Å²) in [6.07, 6.45) is 3.99. The highest BCUT2D eigenvalue weighted by Gasteiger charge is 2.00. The molecule has 0 fully saturated rings. The molecule has 2 aromatic carbocycles. The number of nitrogens with one attached hydrogen (secondary N) is 1. The highest BCUT2D eigenvalue weighted by molar-refractivity contribution is 5.85. The van der Waals surface area contributed by atoms with E-state index in [9.17, 15) is 4.79 Å². The topological polar surface area (TPSA) is 61.7 Å². The number of hydrogen-bond donors (Lipinski definition) is 2. The van der Waals surface area contributed by atoms with Crippen LogP contribution in [0.2, 0.25) is 0 Å². The Morgan fingerprint density at radius 2 is 1.61 bits per heavy atom. The van der Waals surface area contributed by atoms with Crippen LogP contribution in [0.25, 0.3) is 0 Å². The minimum atomic E-state index is -0.821. The van der Waals surface area contributed by atoms with Gasteiger partial charge in [0.1, 0.15) is 0 Å². The summed E-state index contributed by atoms with van der Waals surface area (Å²) in [6, 6.07) is 19.3. The minimum Gasteiger partial charge on any atom is -0.481 e. The van der Waals surface area contributed by atoms with Crippen molar-refractivity contribution < 1.29 is 9.90 Å². The van der Waals surface area contributed by atoms with Crippen LogP contribution in [-0.2, 0) is 4.79 Å². The zero-order chi connectivity index (χ0) is 15.6. The molecule has 120 valence electrons. The number of aliphatic imine (C=N–C) groups is 1. The second-order valence-corrected chi connectivity index (χ2v) is 4.72. The molecule has 0 aromatic heterocycles. The molecular weight excluding hydrogens is 312 g/mol. The van der Waals surface area contributed by atoms with Crippen LogP contribution in [0.3, 0.4) is 0 Å². The van der Waals surface area contributed by atoms with E-state index in [-0.39, 0.29) is 18.8 Å². The number of nitrogens with zero attached hydrogens (tertiary/aromatic N) is 1. The third-order valence-electron chi connectivity index (χ3n) is 2.96. The second kappa shape index (κ2) is 10.2. The standard InChI is InChI=1S/C18H18N2O2.ClH/c21-18(22)12-11-15(13-19-16-7-3-1-4-8-16)14-20-17-9-5-2-6-10-17;/h1-10,13-14,19H,11-12H2,(H,21,22);1H. The molecule has 0 spiro atoms. The van der Waals surface area contributed by atoms with E-state index in [0.29, 0.717) is 6.42 Å². The lowest BCUT2D eigenvalue weighted by Crippen LogP contribution is -1.99. The average Bonchev–Trinajstić information content (AvgIpc) is 2.56. The van der Waals surface area contributed by atoms with Gasteiger partial charge in [-0.3, -0.25) is 9.79 Å². The van der Waals surface area contributed by atoms with Crippen LogP contribution < -0.4 is 5.32 Å². The molecule has 0 heterocycles. The highest BCUT2D eigenvalue weighted by Crippen LogP contribution is 2.12. The van der Waals surface area contributed by atoms with Crippen molar-refractivity contribution in [2.45, 2.75) is 12.8 Å². The van der Waals surface area contributed by atoms with E-state index >= 15 is 0 Å². The van der Waals surface area contributed by atoms with Gasteiger partial charge in [-0.1, -0.05) is 36.4 Å². The van der Waals surface area contributed by atoms with Crippen molar-refractivity contribution in [3.05, 3.63) is 72.4 Å². The van der Waals surface area contributed by atoms with Crippen LogP contribution in [-0.4, -0.2) is 17.3 Å². The Bertz CT molecular complexity index is 655. The molecule has 4 nitrogen and oxygen atoms in total. The molecule has 0 aliphatic heterocycles. The van der Waals surface area contributed by atoms with E-state index in [1.165, 1.54) is 0 Å². The fraction of sp³-hybridized carbons (Fsp3) is 0.111. The summed E-state index contributed by atoms with van der Waals surface area (Å²) in [7, 11) is 0. The molecule has 0 saturated heterocycles. The van der Waals surface area contributed by atoms with Crippen molar-refractivity contribution in [1.29, 1.82) is 0 Å². The quantitative estimate of drug-likeness (QED) is 0.725. The number of carboxylic acid groups (broad SMARTS) is 1. The lowest BCUT2D eigenvalue weighted by molar-refractivity contribution is -0.136. The summed E-state index contributed by atoms with van der Waals surface area (Å²) in [4.78, 5) is 15.1. The molecule has 2 N–H and O–H groups in total. The Hall–Kier alpha value is -2.59. The lowest BCUT2D eigenvalue weighted by atomic mass is 10.1. The fourth-order valence-corrected chi connectivity index (χ4v) is 1.81. The van der Waals surface area contributed by atoms with Gasteiger partial charge in [-0.2, -0.15) is 0 Å². The number of carbonyl (C=O) groups is 1. The van der Waals surface area contributed by atoms with Crippen LogP contribution >= 0.6 is 12.4 Å². The smallest absolute Gasteiger partial charge is 0.303 e. The third-order valence-corrected chi connectivity index (χ3v) is 2.96. The Labute approximate surface area is 142 Å².